The van der Waals surface area contributed by atoms with Gasteiger partial charge in [-0.3, -0.25) is 62.5 Å². The van der Waals surface area contributed by atoms with Crippen molar-refractivity contribution in [3.63, 3.8) is 0 Å². The maximum absolute atomic E-state index is 14.4. The smallest absolute Gasteiger partial charge is 0.416 e. The van der Waals surface area contributed by atoms with Gasteiger partial charge in [-0.05, 0) is 107 Å². The average molecular weight is 1860 g/mol. The van der Waals surface area contributed by atoms with Crippen LogP contribution in [0.25, 0.3) is 0 Å². The molecule has 5 heterocycles. The molecule has 42 nitrogen and oxygen atoms in total. The first kappa shape index (κ1) is 104. The number of methoxy groups -OCH3 is 3. The third kappa shape index (κ3) is 34.1. The van der Waals surface area contributed by atoms with E-state index < -0.39 is 89.8 Å². The van der Waals surface area contributed by atoms with E-state index in [0.717, 1.165) is 20.9 Å². The number of benzene rings is 4. The SMILES string of the molecule is COCCOCCC(=O)NCC(=O)N[C@@H](C)C(=O)Nc1ccc(COC(=O)N2CC3CC(C)=CN3C(=O)c3cc(OC)c(OCCCCCOc4cc5c(cc4OC)C(=O)N4C=C(C)C[C@H]4[C@H](O)N5C(=O)OCc4ccc(NC(=O)[C@H](C)NC(=O)CNC(=O)CCOCCOCCOCCOCCOCCOCCOCCOCCNC(=O)CCN5C(=O)C=CC5=O)cc4)cc32)cc1. The number of ether oxygens (including phenoxy) is 16. The van der Waals surface area contributed by atoms with Crippen LogP contribution in [0.1, 0.15) is 111 Å². The van der Waals surface area contributed by atoms with Crippen LogP contribution in [0.2, 0.25) is 0 Å². The molecule has 0 aliphatic carbocycles. The van der Waals surface area contributed by atoms with Crippen molar-refractivity contribution in [2.75, 3.05) is 213 Å². The molecule has 0 aromatic heterocycles. The lowest BCUT2D eigenvalue weighted by atomic mass is 10.1. The van der Waals surface area contributed by atoms with E-state index in [0.29, 0.717) is 147 Å². The summed E-state index contributed by atoms with van der Waals surface area (Å²) in [6.45, 7) is 12.4. The van der Waals surface area contributed by atoms with Crippen molar-refractivity contribution < 1.29 is 143 Å². The zero-order valence-corrected chi connectivity index (χ0v) is 76.1. The van der Waals surface area contributed by atoms with Gasteiger partial charge < -0.3 is 128 Å². The largest absolute Gasteiger partial charge is 0.493 e. The van der Waals surface area contributed by atoms with E-state index in [-0.39, 0.29) is 175 Å². The van der Waals surface area contributed by atoms with Crippen LogP contribution in [0.4, 0.5) is 32.3 Å². The molecule has 0 spiro atoms. The van der Waals surface area contributed by atoms with Crippen LogP contribution in [-0.2, 0) is 113 Å². The summed E-state index contributed by atoms with van der Waals surface area (Å²) in [4.78, 5) is 175. The second-order valence-electron chi connectivity index (χ2n) is 31.1. The number of carbonyl (C=O) groups is 13. The molecule has 1 unspecified atom stereocenters. The number of amides is 13. The molecule has 5 aliphatic heterocycles. The molecular formula is C91H122N12O30. The maximum atomic E-state index is 14.4. The molecule has 5 atom stereocenters. The van der Waals surface area contributed by atoms with Gasteiger partial charge >= 0.3 is 12.2 Å². The van der Waals surface area contributed by atoms with E-state index in [9.17, 15) is 67.4 Å². The zero-order chi connectivity index (χ0) is 95.4. The summed E-state index contributed by atoms with van der Waals surface area (Å²) in [5, 5.41) is 30.3. The van der Waals surface area contributed by atoms with Crippen molar-refractivity contribution in [1.82, 2.24) is 41.3 Å². The topological polar surface area (TPSA) is 490 Å². The highest BCUT2D eigenvalue weighted by molar-refractivity contribution is 6.13. The van der Waals surface area contributed by atoms with Crippen LogP contribution >= 0.6 is 0 Å². The average Bonchev–Trinajstić information content (AvgIpc) is 1.61. The maximum Gasteiger partial charge on any atom is 0.416 e. The van der Waals surface area contributed by atoms with Crippen molar-refractivity contribution in [1.29, 1.82) is 0 Å². The fraction of sp³-hybridized carbons (Fsp3) is 0.527. The van der Waals surface area contributed by atoms with Crippen LogP contribution in [0.3, 0.4) is 0 Å². The highest BCUT2D eigenvalue weighted by Crippen LogP contribution is 2.44. The molecule has 133 heavy (non-hydrogen) atoms. The molecule has 0 saturated heterocycles. The highest BCUT2D eigenvalue weighted by Gasteiger charge is 2.46. The van der Waals surface area contributed by atoms with Crippen LogP contribution in [0.15, 0.2) is 108 Å². The van der Waals surface area contributed by atoms with E-state index in [1.54, 1.807) is 78.0 Å². The molecule has 0 radical (unpaired) electrons. The Kier molecular flexibility index (Phi) is 44.0. The lowest BCUT2D eigenvalue weighted by Gasteiger charge is -2.31. The standard InChI is InChI=1S/C91H122N12O30/c1-60-47-68-57-102(90(116)132-58-64-11-15-66(16-12-64)97-85(111)62(3)95-81(107)53-93-79(105)22-28-121-32-31-118-5)71-51-76(74(119-6)49-69(71)87(113)100(68)55-60)130-26-9-8-10-27-131-77-52-72-70(50-75(77)120-7)88(114)101-56-61(2)48-73(101)89(115)103(72)91(117)133-59-65-13-17-67(18-14-65)98-86(112)63(4)96-82(108)54-94-80(106)23-29-122-33-35-124-37-39-126-41-43-128-45-46-129-44-42-127-40-38-125-36-34-123-30-24-92-78(104)21-25-99-83(109)19-20-84(99)110/h11-20,49-52,55-56,62-63,68,73,89,115H,8-10,21-48,53-54,57-59H2,1-7H3,(H,92,104)(H,93,105)(H,94,106)(H,95,107)(H,96,108)(H,97,111)(H,98,112)/t62-,63-,68?,73-,89-/m0/s1. The van der Waals surface area contributed by atoms with Crippen molar-refractivity contribution in [2.24, 2.45) is 0 Å². The zero-order valence-electron chi connectivity index (χ0n) is 76.1. The Hall–Kier alpha value is -12.2. The summed E-state index contributed by atoms with van der Waals surface area (Å²) < 4.78 is 89.9. The summed E-state index contributed by atoms with van der Waals surface area (Å²) in [6, 6.07) is 15.7. The summed E-state index contributed by atoms with van der Waals surface area (Å²) in [5.74, 6) is -4.19. The molecule has 8 N–H and O–H groups in total. The molecule has 0 saturated carbocycles. The van der Waals surface area contributed by atoms with Crippen LogP contribution in [0.5, 0.6) is 23.0 Å². The third-order valence-electron chi connectivity index (χ3n) is 20.9. The Labute approximate surface area is 770 Å². The van der Waals surface area contributed by atoms with Crippen LogP contribution in [-0.4, -0.2) is 320 Å². The second kappa shape index (κ2) is 56.0. The van der Waals surface area contributed by atoms with Crippen LogP contribution in [0, 0.1) is 0 Å². The van der Waals surface area contributed by atoms with Crippen molar-refractivity contribution >= 4 is 99.9 Å². The van der Waals surface area contributed by atoms with Gasteiger partial charge in [-0.25, -0.2) is 14.5 Å². The second-order valence-corrected chi connectivity index (χ2v) is 31.1. The number of hydrogen-bond donors (Lipinski definition) is 8. The van der Waals surface area contributed by atoms with Gasteiger partial charge in [0.2, 0.25) is 41.4 Å². The van der Waals surface area contributed by atoms with E-state index >= 15 is 0 Å². The summed E-state index contributed by atoms with van der Waals surface area (Å²) in [7, 11) is 4.39. The van der Waals surface area contributed by atoms with E-state index in [1.807, 2.05) is 13.8 Å². The molecule has 9 rings (SSSR count). The fourth-order valence-electron chi connectivity index (χ4n) is 13.9. The summed E-state index contributed by atoms with van der Waals surface area (Å²) in [6.07, 6.45) is 4.82. The molecule has 4 aromatic rings. The summed E-state index contributed by atoms with van der Waals surface area (Å²) in [5.41, 5.74) is 4.05. The predicted octanol–water partition coefficient (Wildman–Crippen LogP) is 4.33. The first-order valence-corrected chi connectivity index (χ1v) is 44.0. The van der Waals surface area contributed by atoms with E-state index in [1.165, 1.54) is 69.3 Å². The number of fused-ring (bicyclic) bond motifs is 4. The van der Waals surface area contributed by atoms with Gasteiger partial charge in [0.15, 0.2) is 29.2 Å². The molecule has 0 fully saturated rings. The van der Waals surface area contributed by atoms with Gasteiger partial charge in [-0.15, -0.1) is 0 Å². The van der Waals surface area contributed by atoms with Crippen molar-refractivity contribution in [3.8, 4) is 23.0 Å². The van der Waals surface area contributed by atoms with Gasteiger partial charge in [-0.2, -0.15) is 0 Å². The van der Waals surface area contributed by atoms with Gasteiger partial charge in [0.1, 0.15) is 25.3 Å². The van der Waals surface area contributed by atoms with Gasteiger partial charge in [-0.1, -0.05) is 35.4 Å². The molecule has 726 valence electrons. The Balaban J connectivity index is 0.628. The van der Waals surface area contributed by atoms with Gasteiger partial charge in [0, 0.05) is 87.5 Å². The third-order valence-corrected chi connectivity index (χ3v) is 20.9. The number of aliphatic hydroxyl groups excluding tert-OH is 1. The molecule has 42 heteroatoms. The quantitative estimate of drug-likeness (QED) is 0.0225. The van der Waals surface area contributed by atoms with Crippen LogP contribution < -0.4 is 66.0 Å². The minimum atomic E-state index is -1.58. The minimum Gasteiger partial charge on any atom is -0.493 e. The number of nitrogens with zero attached hydrogens (tertiary/aromatic N) is 5. The number of hydrogen-bond acceptors (Lipinski definition) is 30. The minimum absolute atomic E-state index is 0.00595. The number of aliphatic hydroxyl groups is 1. The lowest BCUT2D eigenvalue weighted by Crippen LogP contribution is -2.50. The number of nitrogens with one attached hydrogen (secondary N) is 7. The number of unbranched alkanes of at least 4 members (excludes halogenated alkanes) is 2. The number of imide groups is 1. The Morgan fingerprint density at radius 3 is 1.33 bits per heavy atom. The Morgan fingerprint density at radius 2 is 0.857 bits per heavy atom. The van der Waals surface area contributed by atoms with E-state index in [2.05, 4.69) is 37.2 Å². The molecule has 13 amide bonds. The molecule has 5 aliphatic rings. The van der Waals surface area contributed by atoms with E-state index in [4.69, 9.17) is 75.8 Å². The normalized spacial score (nSPS) is 15.8. The molecular weight excluding hydrogens is 1740 g/mol. The summed E-state index contributed by atoms with van der Waals surface area (Å²) >= 11 is 0. The Morgan fingerprint density at radius 1 is 0.444 bits per heavy atom. The predicted molar refractivity (Wildman–Crippen MR) is 477 cm³/mol. The lowest BCUT2D eigenvalue weighted by molar-refractivity contribution is -0.137. The monoisotopic (exact) mass is 1860 g/mol. The van der Waals surface area contributed by atoms with Gasteiger partial charge in [0.05, 0.1) is 207 Å². The van der Waals surface area contributed by atoms with Gasteiger partial charge in [0.25, 0.3) is 23.6 Å². The van der Waals surface area contributed by atoms with Crippen molar-refractivity contribution in [3.05, 3.63) is 131 Å². The molecule has 4 aromatic carbocycles. The number of rotatable bonds is 60. The first-order valence-electron chi connectivity index (χ1n) is 44.0. The Bertz CT molecular complexity index is 4650. The number of anilines is 4. The number of carbonyl (C=O) groups excluding carboxylic acids is 13. The molecule has 0 bridgehead atoms. The van der Waals surface area contributed by atoms with Crippen molar-refractivity contribution in [2.45, 2.75) is 123 Å². The fourth-order valence-corrected chi connectivity index (χ4v) is 13.9. The first-order chi connectivity index (χ1) is 64.3. The highest BCUT2D eigenvalue weighted by atomic mass is 16.6.